The predicted octanol–water partition coefficient (Wildman–Crippen LogP) is 2.34. The van der Waals surface area contributed by atoms with E-state index < -0.39 is 0 Å². The molecule has 2 N–H and O–H groups in total. The first-order chi connectivity index (χ1) is 11.1. The zero-order valence-electron chi connectivity index (χ0n) is 14.4. The van der Waals surface area contributed by atoms with Crippen molar-refractivity contribution in [3.05, 3.63) is 29.3 Å². The molecular formula is C18H28N2O3. The van der Waals surface area contributed by atoms with Crippen molar-refractivity contribution < 1.29 is 14.3 Å². The van der Waals surface area contributed by atoms with Gasteiger partial charge in [0.15, 0.2) is 0 Å². The monoisotopic (exact) mass is 320 g/mol. The lowest BCUT2D eigenvalue weighted by atomic mass is 9.88. The van der Waals surface area contributed by atoms with Crippen LogP contribution in [-0.4, -0.2) is 38.8 Å². The SMILES string of the molecule is CCOCCOCc1cccc(NC(=O)C(C)C2CNC2)c1C. The van der Waals surface area contributed by atoms with Crippen molar-refractivity contribution in [2.75, 3.05) is 38.2 Å². The quantitative estimate of drug-likeness (QED) is 0.686. The second kappa shape index (κ2) is 9.01. The number of ether oxygens (including phenoxy) is 2. The highest BCUT2D eigenvalue weighted by atomic mass is 16.5. The fraction of sp³-hybridized carbons (Fsp3) is 0.611. The molecule has 2 rings (SSSR count). The summed E-state index contributed by atoms with van der Waals surface area (Å²) in [6.07, 6.45) is 0. The number of benzene rings is 1. The summed E-state index contributed by atoms with van der Waals surface area (Å²) in [4.78, 5) is 12.4. The van der Waals surface area contributed by atoms with Gasteiger partial charge in [-0.05, 0) is 50.0 Å². The minimum atomic E-state index is 0.0294. The van der Waals surface area contributed by atoms with E-state index in [9.17, 15) is 4.79 Å². The van der Waals surface area contributed by atoms with Gasteiger partial charge in [-0.3, -0.25) is 4.79 Å². The Balaban J connectivity index is 1.89. The van der Waals surface area contributed by atoms with Gasteiger partial charge < -0.3 is 20.1 Å². The van der Waals surface area contributed by atoms with Crippen LogP contribution in [0.4, 0.5) is 5.69 Å². The third-order valence-corrected chi connectivity index (χ3v) is 4.47. The summed E-state index contributed by atoms with van der Waals surface area (Å²) in [5, 5.41) is 6.28. The zero-order valence-corrected chi connectivity index (χ0v) is 14.4. The maximum absolute atomic E-state index is 12.4. The third-order valence-electron chi connectivity index (χ3n) is 4.47. The van der Waals surface area contributed by atoms with Gasteiger partial charge in [0, 0.05) is 18.2 Å². The zero-order chi connectivity index (χ0) is 16.7. The molecule has 1 unspecified atom stereocenters. The van der Waals surface area contributed by atoms with Crippen LogP contribution in [0.3, 0.4) is 0 Å². The van der Waals surface area contributed by atoms with Crippen LogP contribution in [0.15, 0.2) is 18.2 Å². The van der Waals surface area contributed by atoms with Gasteiger partial charge in [-0.2, -0.15) is 0 Å². The molecule has 128 valence electrons. The molecular weight excluding hydrogens is 292 g/mol. The van der Waals surface area contributed by atoms with E-state index in [1.54, 1.807) is 0 Å². The van der Waals surface area contributed by atoms with E-state index in [-0.39, 0.29) is 11.8 Å². The first kappa shape index (κ1) is 17.9. The predicted molar refractivity (Wildman–Crippen MR) is 91.5 cm³/mol. The van der Waals surface area contributed by atoms with Crippen molar-refractivity contribution in [3.8, 4) is 0 Å². The third kappa shape index (κ3) is 5.03. The van der Waals surface area contributed by atoms with Crippen LogP contribution in [0, 0.1) is 18.8 Å². The Bertz CT molecular complexity index is 515. The minimum absolute atomic E-state index is 0.0294. The Labute approximate surface area is 138 Å². The summed E-state index contributed by atoms with van der Waals surface area (Å²) >= 11 is 0. The summed E-state index contributed by atoms with van der Waals surface area (Å²) in [6.45, 7) is 10.3. The molecule has 1 saturated heterocycles. The van der Waals surface area contributed by atoms with Crippen molar-refractivity contribution >= 4 is 11.6 Å². The molecule has 1 fully saturated rings. The summed E-state index contributed by atoms with van der Waals surface area (Å²) in [6, 6.07) is 5.94. The van der Waals surface area contributed by atoms with E-state index >= 15 is 0 Å². The van der Waals surface area contributed by atoms with Crippen molar-refractivity contribution in [2.45, 2.75) is 27.4 Å². The Hall–Kier alpha value is -1.43. The number of rotatable bonds is 9. The van der Waals surface area contributed by atoms with Crippen molar-refractivity contribution in [2.24, 2.45) is 11.8 Å². The lowest BCUT2D eigenvalue weighted by Crippen LogP contribution is -2.48. The molecule has 0 aromatic heterocycles. The number of carbonyl (C=O) groups excluding carboxylic acids is 1. The maximum atomic E-state index is 12.4. The first-order valence-corrected chi connectivity index (χ1v) is 8.39. The van der Waals surface area contributed by atoms with Gasteiger partial charge in [-0.15, -0.1) is 0 Å². The number of carbonyl (C=O) groups is 1. The van der Waals surface area contributed by atoms with Gasteiger partial charge in [0.2, 0.25) is 5.91 Å². The van der Waals surface area contributed by atoms with Crippen molar-refractivity contribution in [1.82, 2.24) is 5.32 Å². The van der Waals surface area contributed by atoms with Gasteiger partial charge in [0.05, 0.1) is 19.8 Å². The topological polar surface area (TPSA) is 59.6 Å². The molecule has 0 bridgehead atoms. The molecule has 5 heteroatoms. The van der Waals surface area contributed by atoms with Gasteiger partial charge in [-0.1, -0.05) is 19.1 Å². The lowest BCUT2D eigenvalue weighted by Gasteiger charge is -2.31. The molecule has 0 spiro atoms. The lowest BCUT2D eigenvalue weighted by molar-refractivity contribution is -0.121. The molecule has 1 amide bonds. The maximum Gasteiger partial charge on any atom is 0.227 e. The number of hydrogen-bond acceptors (Lipinski definition) is 4. The second-order valence-corrected chi connectivity index (χ2v) is 6.04. The van der Waals surface area contributed by atoms with Gasteiger partial charge in [0.1, 0.15) is 0 Å². The molecule has 23 heavy (non-hydrogen) atoms. The average Bonchev–Trinajstić information content (AvgIpc) is 2.48. The second-order valence-electron chi connectivity index (χ2n) is 6.04. The van der Waals surface area contributed by atoms with E-state index in [1.807, 2.05) is 39.0 Å². The van der Waals surface area contributed by atoms with E-state index in [4.69, 9.17) is 9.47 Å². The van der Waals surface area contributed by atoms with Crippen LogP contribution in [0.1, 0.15) is 25.0 Å². The summed E-state index contributed by atoms with van der Waals surface area (Å²) < 4.78 is 10.9. The number of hydrogen-bond donors (Lipinski definition) is 2. The van der Waals surface area contributed by atoms with E-state index in [1.165, 1.54) is 0 Å². The molecule has 0 aliphatic carbocycles. The van der Waals surface area contributed by atoms with Crippen LogP contribution in [0.25, 0.3) is 0 Å². The molecule has 1 aromatic rings. The highest BCUT2D eigenvalue weighted by Gasteiger charge is 2.28. The molecule has 5 nitrogen and oxygen atoms in total. The van der Waals surface area contributed by atoms with Crippen LogP contribution in [-0.2, 0) is 20.9 Å². The van der Waals surface area contributed by atoms with Gasteiger partial charge in [-0.25, -0.2) is 0 Å². The van der Waals surface area contributed by atoms with Gasteiger partial charge in [0.25, 0.3) is 0 Å². The summed E-state index contributed by atoms with van der Waals surface area (Å²) in [7, 11) is 0. The van der Waals surface area contributed by atoms with Crippen molar-refractivity contribution in [1.29, 1.82) is 0 Å². The molecule has 1 aliphatic rings. The normalized spacial score (nSPS) is 16.0. The Kier molecular flexibility index (Phi) is 7.02. The Morgan fingerprint density at radius 2 is 2.09 bits per heavy atom. The van der Waals surface area contributed by atoms with Gasteiger partial charge >= 0.3 is 0 Å². The van der Waals surface area contributed by atoms with E-state index in [0.29, 0.717) is 32.3 Å². The fourth-order valence-corrected chi connectivity index (χ4v) is 2.54. The number of nitrogens with one attached hydrogen (secondary N) is 2. The highest BCUT2D eigenvalue weighted by Crippen LogP contribution is 2.23. The van der Waals surface area contributed by atoms with Crippen LogP contribution in [0.5, 0.6) is 0 Å². The number of amides is 1. The van der Waals surface area contributed by atoms with E-state index in [0.717, 1.165) is 29.9 Å². The Morgan fingerprint density at radius 1 is 1.35 bits per heavy atom. The van der Waals surface area contributed by atoms with Crippen LogP contribution >= 0.6 is 0 Å². The fourth-order valence-electron chi connectivity index (χ4n) is 2.54. The largest absolute Gasteiger partial charge is 0.379 e. The molecule has 1 aromatic carbocycles. The summed E-state index contributed by atoms with van der Waals surface area (Å²) in [5.74, 6) is 0.566. The van der Waals surface area contributed by atoms with Crippen LogP contribution in [0.2, 0.25) is 0 Å². The van der Waals surface area contributed by atoms with Crippen molar-refractivity contribution in [3.63, 3.8) is 0 Å². The smallest absolute Gasteiger partial charge is 0.227 e. The molecule has 0 radical (unpaired) electrons. The minimum Gasteiger partial charge on any atom is -0.379 e. The first-order valence-electron chi connectivity index (χ1n) is 8.39. The molecule has 0 saturated carbocycles. The highest BCUT2D eigenvalue weighted by molar-refractivity contribution is 5.93. The standard InChI is InChI=1S/C18H28N2O3/c1-4-22-8-9-23-12-15-6-5-7-17(13(15)2)20-18(21)14(3)16-10-19-11-16/h5-7,14,16,19H,4,8-12H2,1-3H3,(H,20,21). The molecule has 1 aliphatic heterocycles. The number of anilines is 1. The molecule has 1 heterocycles. The van der Waals surface area contributed by atoms with E-state index in [2.05, 4.69) is 10.6 Å². The average molecular weight is 320 g/mol. The Morgan fingerprint density at radius 3 is 2.74 bits per heavy atom. The van der Waals surface area contributed by atoms with Crippen LogP contribution < -0.4 is 10.6 Å². The molecule has 1 atom stereocenters. The summed E-state index contributed by atoms with van der Waals surface area (Å²) in [5.41, 5.74) is 3.04.